The van der Waals surface area contributed by atoms with Gasteiger partial charge in [0, 0.05) is 26.2 Å². The average molecular weight is 294 g/mol. The first-order chi connectivity index (χ1) is 9.88. The first-order valence-electron chi connectivity index (χ1n) is 7.52. The summed E-state index contributed by atoms with van der Waals surface area (Å²) >= 11 is 1.86. The lowest BCUT2D eigenvalue weighted by atomic mass is 10.2. The number of thioether (sulfide) groups is 1. The highest BCUT2D eigenvalue weighted by molar-refractivity contribution is 7.99. The summed E-state index contributed by atoms with van der Waals surface area (Å²) in [5.41, 5.74) is 1.20. The molecular formula is C14H22N4OS. The number of anilines is 2. The first-order valence-corrected chi connectivity index (χ1v) is 8.50. The van der Waals surface area contributed by atoms with Crippen molar-refractivity contribution in [3.63, 3.8) is 0 Å². The van der Waals surface area contributed by atoms with Gasteiger partial charge in [-0.05, 0) is 37.9 Å². The lowest BCUT2D eigenvalue weighted by molar-refractivity contribution is 0.292. The molecule has 3 rings (SSSR count). The zero-order valence-electron chi connectivity index (χ0n) is 11.8. The van der Waals surface area contributed by atoms with Gasteiger partial charge in [-0.1, -0.05) is 0 Å². The van der Waals surface area contributed by atoms with Crippen molar-refractivity contribution in [2.45, 2.75) is 37.0 Å². The number of nitrogens with zero attached hydrogens (tertiary/aromatic N) is 3. The fraction of sp³-hybridized carbons (Fsp3) is 0.714. The van der Waals surface area contributed by atoms with Gasteiger partial charge in [0.1, 0.15) is 5.82 Å². The van der Waals surface area contributed by atoms with Crippen molar-refractivity contribution in [1.29, 1.82) is 0 Å². The minimum atomic E-state index is 0.215. The molecule has 110 valence electrons. The Bertz CT molecular complexity index is 463. The van der Waals surface area contributed by atoms with Crippen LogP contribution in [0.1, 0.15) is 31.4 Å². The molecule has 0 saturated carbocycles. The van der Waals surface area contributed by atoms with Crippen LogP contribution in [0.3, 0.4) is 0 Å². The SMILES string of the molecule is OCCCNc1nc(N2CCCC2)nc2c1SCCC2. The number of rotatable bonds is 5. The minimum Gasteiger partial charge on any atom is -0.396 e. The van der Waals surface area contributed by atoms with Crippen LogP contribution in [0.15, 0.2) is 4.90 Å². The molecule has 2 N–H and O–H groups in total. The van der Waals surface area contributed by atoms with Gasteiger partial charge >= 0.3 is 0 Å². The third kappa shape index (κ3) is 3.01. The predicted octanol–water partition coefficient (Wildman–Crippen LogP) is 1.91. The number of aromatic nitrogens is 2. The summed E-state index contributed by atoms with van der Waals surface area (Å²) < 4.78 is 0. The molecule has 0 bridgehead atoms. The molecule has 0 unspecified atom stereocenters. The van der Waals surface area contributed by atoms with Crippen LogP contribution in [0.5, 0.6) is 0 Å². The molecule has 0 radical (unpaired) electrons. The summed E-state index contributed by atoms with van der Waals surface area (Å²) in [5, 5.41) is 12.3. The van der Waals surface area contributed by atoms with E-state index in [1.165, 1.54) is 29.9 Å². The van der Waals surface area contributed by atoms with Crippen LogP contribution in [-0.2, 0) is 6.42 Å². The molecule has 1 fully saturated rings. The van der Waals surface area contributed by atoms with Gasteiger partial charge in [-0.25, -0.2) is 4.98 Å². The lowest BCUT2D eigenvalue weighted by Gasteiger charge is -2.22. The summed E-state index contributed by atoms with van der Waals surface area (Å²) in [6.07, 6.45) is 5.48. The Morgan fingerprint density at radius 1 is 1.20 bits per heavy atom. The van der Waals surface area contributed by atoms with Crippen molar-refractivity contribution in [2.75, 3.05) is 42.2 Å². The number of hydrogen-bond donors (Lipinski definition) is 2. The van der Waals surface area contributed by atoms with Gasteiger partial charge in [-0.3, -0.25) is 0 Å². The number of hydrogen-bond acceptors (Lipinski definition) is 6. The molecule has 20 heavy (non-hydrogen) atoms. The number of aryl methyl sites for hydroxylation is 1. The van der Waals surface area contributed by atoms with Gasteiger partial charge in [0.15, 0.2) is 0 Å². The molecule has 1 saturated heterocycles. The summed E-state index contributed by atoms with van der Waals surface area (Å²) in [7, 11) is 0. The van der Waals surface area contributed by atoms with E-state index in [-0.39, 0.29) is 6.61 Å². The predicted molar refractivity (Wildman–Crippen MR) is 82.7 cm³/mol. The van der Waals surface area contributed by atoms with Crippen LogP contribution >= 0.6 is 11.8 Å². The van der Waals surface area contributed by atoms with Gasteiger partial charge in [-0.15, -0.1) is 11.8 Å². The van der Waals surface area contributed by atoms with Crippen LogP contribution < -0.4 is 10.2 Å². The molecular weight excluding hydrogens is 272 g/mol. The van der Waals surface area contributed by atoms with E-state index >= 15 is 0 Å². The molecule has 3 heterocycles. The zero-order valence-corrected chi connectivity index (χ0v) is 12.6. The van der Waals surface area contributed by atoms with Crippen molar-refractivity contribution < 1.29 is 5.11 Å². The molecule has 0 spiro atoms. The first kappa shape index (κ1) is 13.9. The third-order valence-corrected chi connectivity index (χ3v) is 4.95. The number of aliphatic hydroxyl groups excluding tert-OH is 1. The van der Waals surface area contributed by atoms with Crippen LogP contribution in [0.2, 0.25) is 0 Å². The molecule has 1 aromatic heterocycles. The molecule has 5 nitrogen and oxygen atoms in total. The van der Waals surface area contributed by atoms with Gasteiger partial charge in [0.05, 0.1) is 10.6 Å². The summed E-state index contributed by atoms with van der Waals surface area (Å²) in [6.45, 7) is 3.12. The van der Waals surface area contributed by atoms with Gasteiger partial charge in [0.25, 0.3) is 0 Å². The topological polar surface area (TPSA) is 61.3 Å². The second-order valence-electron chi connectivity index (χ2n) is 5.30. The number of aliphatic hydroxyl groups is 1. The zero-order chi connectivity index (χ0) is 13.8. The molecule has 2 aliphatic rings. The Labute approximate surface area is 124 Å². The van der Waals surface area contributed by atoms with Crippen molar-refractivity contribution in [3.8, 4) is 0 Å². The van der Waals surface area contributed by atoms with Crippen molar-refractivity contribution >= 4 is 23.5 Å². The molecule has 0 amide bonds. The quantitative estimate of drug-likeness (QED) is 0.809. The number of fused-ring (bicyclic) bond motifs is 1. The third-order valence-electron chi connectivity index (χ3n) is 3.74. The summed E-state index contributed by atoms with van der Waals surface area (Å²) in [5.74, 6) is 3.00. The molecule has 1 aromatic rings. The second kappa shape index (κ2) is 6.63. The second-order valence-corrected chi connectivity index (χ2v) is 6.40. The smallest absolute Gasteiger partial charge is 0.227 e. The van der Waals surface area contributed by atoms with E-state index in [1.54, 1.807) is 0 Å². The van der Waals surface area contributed by atoms with Gasteiger partial charge < -0.3 is 15.3 Å². The fourth-order valence-corrected chi connectivity index (χ4v) is 3.74. The maximum Gasteiger partial charge on any atom is 0.227 e. The Hall–Kier alpha value is -1.01. The Morgan fingerprint density at radius 2 is 2.05 bits per heavy atom. The molecule has 6 heteroatoms. The van der Waals surface area contributed by atoms with Crippen molar-refractivity contribution in [2.24, 2.45) is 0 Å². The van der Waals surface area contributed by atoms with Gasteiger partial charge in [0.2, 0.25) is 5.95 Å². The average Bonchev–Trinajstić information content (AvgIpc) is 3.01. The van der Waals surface area contributed by atoms with Crippen LogP contribution in [0.4, 0.5) is 11.8 Å². The fourth-order valence-electron chi connectivity index (χ4n) is 2.68. The maximum atomic E-state index is 8.92. The van der Waals surface area contributed by atoms with Crippen molar-refractivity contribution in [1.82, 2.24) is 9.97 Å². The Morgan fingerprint density at radius 3 is 2.85 bits per heavy atom. The molecule has 2 aliphatic heterocycles. The highest BCUT2D eigenvalue weighted by atomic mass is 32.2. The Balaban J connectivity index is 1.86. The van der Waals surface area contributed by atoms with Crippen LogP contribution in [0.25, 0.3) is 0 Å². The molecule has 0 atom stereocenters. The highest BCUT2D eigenvalue weighted by Gasteiger charge is 2.22. The van der Waals surface area contributed by atoms with E-state index in [0.29, 0.717) is 0 Å². The van der Waals surface area contributed by atoms with E-state index in [9.17, 15) is 0 Å². The largest absolute Gasteiger partial charge is 0.396 e. The van der Waals surface area contributed by atoms with E-state index in [1.807, 2.05) is 11.8 Å². The van der Waals surface area contributed by atoms with Gasteiger partial charge in [-0.2, -0.15) is 4.98 Å². The van der Waals surface area contributed by atoms with E-state index in [0.717, 1.165) is 50.0 Å². The standard InChI is InChI=1S/C14H22N4OS/c19-9-4-6-15-13-12-11(5-3-10-20-12)16-14(17-13)18-7-1-2-8-18/h19H,1-10H2,(H,15,16,17). The number of nitrogens with one attached hydrogen (secondary N) is 1. The molecule has 0 aromatic carbocycles. The van der Waals surface area contributed by atoms with Crippen LogP contribution in [-0.4, -0.2) is 47.1 Å². The van der Waals surface area contributed by atoms with Crippen LogP contribution in [0, 0.1) is 0 Å². The lowest BCUT2D eigenvalue weighted by Crippen LogP contribution is -2.23. The van der Waals surface area contributed by atoms with E-state index in [2.05, 4.69) is 10.2 Å². The minimum absolute atomic E-state index is 0.215. The normalized spacial score (nSPS) is 18.1. The maximum absolute atomic E-state index is 8.92. The highest BCUT2D eigenvalue weighted by Crippen LogP contribution is 2.35. The monoisotopic (exact) mass is 294 g/mol. The molecule has 0 aliphatic carbocycles. The summed E-state index contributed by atoms with van der Waals surface area (Å²) in [4.78, 5) is 13.0. The Kier molecular flexibility index (Phi) is 4.62. The summed E-state index contributed by atoms with van der Waals surface area (Å²) in [6, 6.07) is 0. The van der Waals surface area contributed by atoms with Crippen molar-refractivity contribution in [3.05, 3.63) is 5.69 Å². The van der Waals surface area contributed by atoms with E-state index < -0.39 is 0 Å². The van der Waals surface area contributed by atoms with E-state index in [4.69, 9.17) is 15.1 Å².